The van der Waals surface area contributed by atoms with Crippen LogP contribution in [0.2, 0.25) is 0 Å². The summed E-state index contributed by atoms with van der Waals surface area (Å²) in [5.41, 5.74) is 1.17. The third-order valence-electron chi connectivity index (χ3n) is 5.05. The van der Waals surface area contributed by atoms with Gasteiger partial charge in [0.1, 0.15) is 5.75 Å². The number of nitrogens with zero attached hydrogens (tertiary/aromatic N) is 2. The van der Waals surface area contributed by atoms with Crippen LogP contribution < -0.4 is 15.0 Å². The van der Waals surface area contributed by atoms with Gasteiger partial charge in [0.15, 0.2) is 0 Å². The second-order valence-corrected chi connectivity index (χ2v) is 9.34. The van der Waals surface area contributed by atoms with Gasteiger partial charge in [-0.1, -0.05) is 24.3 Å². The first-order chi connectivity index (χ1) is 14.2. The summed E-state index contributed by atoms with van der Waals surface area (Å²) in [6, 6.07) is 13.7. The van der Waals surface area contributed by atoms with Crippen molar-refractivity contribution >= 4 is 27.5 Å². The van der Waals surface area contributed by atoms with Crippen molar-refractivity contribution in [1.29, 1.82) is 0 Å². The van der Waals surface area contributed by atoms with Crippen molar-refractivity contribution in [2.75, 3.05) is 32.6 Å². The van der Waals surface area contributed by atoms with Gasteiger partial charge < -0.3 is 15.0 Å². The Labute approximate surface area is 176 Å². The van der Waals surface area contributed by atoms with E-state index in [0.717, 1.165) is 4.31 Å². The van der Waals surface area contributed by atoms with Crippen molar-refractivity contribution < 1.29 is 22.7 Å². The summed E-state index contributed by atoms with van der Waals surface area (Å²) in [6.07, 6.45) is 0.0979. The minimum Gasteiger partial charge on any atom is -0.497 e. The van der Waals surface area contributed by atoms with Gasteiger partial charge in [0, 0.05) is 45.4 Å². The number of hydrogen-bond acceptors (Lipinski definition) is 5. The van der Waals surface area contributed by atoms with Gasteiger partial charge in [-0.15, -0.1) is 0 Å². The zero-order valence-electron chi connectivity index (χ0n) is 17.2. The summed E-state index contributed by atoms with van der Waals surface area (Å²) >= 11 is 0. The van der Waals surface area contributed by atoms with E-state index in [1.54, 1.807) is 54.5 Å². The van der Waals surface area contributed by atoms with Crippen LogP contribution in [0.15, 0.2) is 53.4 Å². The molecule has 1 aliphatic rings. The molecule has 30 heavy (non-hydrogen) atoms. The monoisotopic (exact) mass is 431 g/mol. The summed E-state index contributed by atoms with van der Waals surface area (Å²) in [7, 11) is 0.845. The minimum atomic E-state index is -3.63. The molecule has 1 fully saturated rings. The summed E-state index contributed by atoms with van der Waals surface area (Å²) < 4.78 is 31.3. The van der Waals surface area contributed by atoms with Crippen molar-refractivity contribution in [2.45, 2.75) is 17.9 Å². The second-order valence-electron chi connectivity index (χ2n) is 7.22. The molecule has 2 aromatic rings. The first kappa shape index (κ1) is 21.8. The number of hydrogen-bond donors (Lipinski definition) is 1. The number of methoxy groups -OCH3 is 1. The molecule has 0 aromatic heterocycles. The summed E-state index contributed by atoms with van der Waals surface area (Å²) in [6.45, 7) is 0.321. The number of benzene rings is 2. The number of rotatable bonds is 7. The Kier molecular flexibility index (Phi) is 6.42. The first-order valence-corrected chi connectivity index (χ1v) is 10.9. The Bertz CT molecular complexity index is 1050. The molecular weight excluding hydrogens is 406 g/mol. The lowest BCUT2D eigenvalue weighted by Crippen LogP contribution is -2.33. The Morgan fingerprint density at radius 2 is 1.93 bits per heavy atom. The van der Waals surface area contributed by atoms with Crippen molar-refractivity contribution in [2.24, 2.45) is 5.92 Å². The Balaban J connectivity index is 1.69. The quantitative estimate of drug-likeness (QED) is 0.719. The molecule has 1 atom stereocenters. The van der Waals surface area contributed by atoms with Crippen LogP contribution >= 0.6 is 0 Å². The van der Waals surface area contributed by atoms with E-state index >= 15 is 0 Å². The predicted molar refractivity (Wildman–Crippen MR) is 113 cm³/mol. The van der Waals surface area contributed by atoms with E-state index in [1.807, 2.05) is 0 Å². The van der Waals surface area contributed by atoms with E-state index < -0.39 is 15.9 Å². The van der Waals surface area contributed by atoms with Crippen molar-refractivity contribution in [3.8, 4) is 5.75 Å². The van der Waals surface area contributed by atoms with Crippen molar-refractivity contribution in [3.63, 3.8) is 0 Å². The van der Waals surface area contributed by atoms with Crippen LogP contribution in [0, 0.1) is 5.92 Å². The number of carbonyl (C=O) groups excluding carboxylic acids is 2. The molecule has 8 nitrogen and oxygen atoms in total. The molecule has 0 saturated carbocycles. The Hall–Kier alpha value is -2.91. The van der Waals surface area contributed by atoms with Crippen LogP contribution in [0.4, 0.5) is 5.69 Å². The molecule has 0 spiro atoms. The maximum absolute atomic E-state index is 12.7. The predicted octanol–water partition coefficient (Wildman–Crippen LogP) is 1.61. The van der Waals surface area contributed by atoms with Crippen LogP contribution in [0.25, 0.3) is 0 Å². The molecule has 0 aliphatic carbocycles. The molecule has 0 radical (unpaired) electrons. The summed E-state index contributed by atoms with van der Waals surface area (Å²) in [5.74, 6) is -0.307. The number of anilines is 1. The third kappa shape index (κ3) is 4.47. The average molecular weight is 432 g/mol. The number of nitrogens with one attached hydrogen (secondary N) is 1. The molecule has 9 heteroatoms. The van der Waals surface area contributed by atoms with E-state index in [9.17, 15) is 18.0 Å². The van der Waals surface area contributed by atoms with Gasteiger partial charge in [0.25, 0.3) is 0 Å². The lowest BCUT2D eigenvalue weighted by Gasteiger charge is -2.18. The molecule has 0 unspecified atom stereocenters. The summed E-state index contributed by atoms with van der Waals surface area (Å²) in [5, 5.41) is 2.78. The molecule has 160 valence electrons. The Morgan fingerprint density at radius 1 is 1.20 bits per heavy atom. The van der Waals surface area contributed by atoms with Gasteiger partial charge in [-0.2, -0.15) is 0 Å². The maximum Gasteiger partial charge on any atom is 0.242 e. The fourth-order valence-electron chi connectivity index (χ4n) is 3.34. The molecular formula is C21H25N3O5S. The zero-order chi connectivity index (χ0) is 21.9. The largest absolute Gasteiger partial charge is 0.497 e. The van der Waals surface area contributed by atoms with Crippen LogP contribution in [-0.4, -0.2) is 52.3 Å². The van der Waals surface area contributed by atoms with Gasteiger partial charge in [-0.05, 0) is 23.8 Å². The molecule has 2 aromatic carbocycles. The van der Waals surface area contributed by atoms with Crippen LogP contribution in [0.3, 0.4) is 0 Å². The van der Waals surface area contributed by atoms with Crippen molar-refractivity contribution in [1.82, 2.24) is 9.62 Å². The highest BCUT2D eigenvalue weighted by molar-refractivity contribution is 7.89. The van der Waals surface area contributed by atoms with Gasteiger partial charge in [0.2, 0.25) is 21.8 Å². The number of amides is 2. The van der Waals surface area contributed by atoms with Crippen LogP contribution in [0.5, 0.6) is 5.75 Å². The lowest BCUT2D eigenvalue weighted by molar-refractivity contribution is -0.126. The number of sulfonamides is 1. The second kappa shape index (κ2) is 8.85. The van der Waals surface area contributed by atoms with Gasteiger partial charge >= 0.3 is 0 Å². The highest BCUT2D eigenvalue weighted by Gasteiger charge is 2.35. The van der Waals surface area contributed by atoms with E-state index in [0.29, 0.717) is 17.0 Å². The molecule has 0 bridgehead atoms. The van der Waals surface area contributed by atoms with Gasteiger partial charge in [-0.3, -0.25) is 9.59 Å². The molecule has 1 N–H and O–H groups in total. The topological polar surface area (TPSA) is 96.0 Å². The smallest absolute Gasteiger partial charge is 0.242 e. The molecule has 3 rings (SSSR count). The third-order valence-corrected chi connectivity index (χ3v) is 6.96. The number of ether oxygens (including phenoxy) is 1. The van der Waals surface area contributed by atoms with Gasteiger partial charge in [0.05, 0.1) is 17.9 Å². The Morgan fingerprint density at radius 3 is 2.63 bits per heavy atom. The SMILES string of the molecule is COc1cccc(N2C[C@@H](C(=O)NCc3ccccc3S(=O)(=O)N(C)C)CC2=O)c1. The van der Waals surface area contributed by atoms with Crippen molar-refractivity contribution in [3.05, 3.63) is 54.1 Å². The standard InChI is InChI=1S/C21H25N3O5S/c1-23(2)30(27,28)19-10-5-4-7-15(19)13-22-21(26)16-11-20(25)24(14-16)17-8-6-9-18(12-17)29-3/h4-10,12,16H,11,13-14H2,1-3H3,(H,22,26)/t16-/m0/s1. The average Bonchev–Trinajstić information content (AvgIpc) is 3.13. The molecule has 1 heterocycles. The van der Waals surface area contributed by atoms with E-state index in [-0.39, 0.29) is 36.2 Å². The van der Waals surface area contributed by atoms with Gasteiger partial charge in [-0.25, -0.2) is 12.7 Å². The number of carbonyl (C=O) groups is 2. The van der Waals surface area contributed by atoms with Crippen LogP contribution in [0.1, 0.15) is 12.0 Å². The highest BCUT2D eigenvalue weighted by atomic mass is 32.2. The highest BCUT2D eigenvalue weighted by Crippen LogP contribution is 2.28. The normalized spacial score (nSPS) is 16.7. The molecule has 1 aliphatic heterocycles. The lowest BCUT2D eigenvalue weighted by atomic mass is 10.1. The molecule has 2 amide bonds. The maximum atomic E-state index is 12.7. The van der Waals surface area contributed by atoms with Crippen LogP contribution in [-0.2, 0) is 26.2 Å². The van der Waals surface area contributed by atoms with E-state index in [1.165, 1.54) is 20.2 Å². The summed E-state index contributed by atoms with van der Waals surface area (Å²) in [4.78, 5) is 26.8. The zero-order valence-corrected chi connectivity index (χ0v) is 18.0. The van der Waals surface area contributed by atoms with E-state index in [4.69, 9.17) is 4.74 Å². The minimum absolute atomic E-state index is 0.0614. The fraction of sp³-hybridized carbons (Fsp3) is 0.333. The fourth-order valence-corrected chi connectivity index (χ4v) is 4.45. The van der Waals surface area contributed by atoms with E-state index in [2.05, 4.69) is 5.32 Å². The first-order valence-electron chi connectivity index (χ1n) is 9.46. The molecule has 1 saturated heterocycles.